The van der Waals surface area contributed by atoms with Gasteiger partial charge in [0.2, 0.25) is 10.3 Å². The summed E-state index contributed by atoms with van der Waals surface area (Å²) in [5.74, 6) is 0. The normalized spacial score (nSPS) is 9.93. The Kier molecular flexibility index (Phi) is 3.11. The monoisotopic (exact) mass is 222 g/mol. The average Bonchev–Trinajstić information content (AvgIpc) is 2.68. The summed E-state index contributed by atoms with van der Waals surface area (Å²) in [5.41, 5.74) is 3.60. The zero-order valence-electron chi connectivity index (χ0n) is 8.10. The lowest BCUT2D eigenvalue weighted by molar-refractivity contribution is 0.270. The molecule has 1 aromatic carbocycles. The fraction of sp³-hybridized carbons (Fsp3) is 0.111. The van der Waals surface area contributed by atoms with E-state index < -0.39 is 0 Å². The molecule has 0 spiro atoms. The third-order valence-electron chi connectivity index (χ3n) is 1.64. The number of anilines is 3. The van der Waals surface area contributed by atoms with Crippen LogP contribution >= 0.6 is 11.3 Å². The highest BCUT2D eigenvalue weighted by molar-refractivity contribution is 7.19. The Morgan fingerprint density at radius 2 is 1.87 bits per heavy atom. The Bertz CT molecular complexity index is 417. The molecule has 1 aromatic heterocycles. The Labute approximate surface area is 91.1 Å². The van der Waals surface area contributed by atoms with Gasteiger partial charge in [0.1, 0.15) is 0 Å². The summed E-state index contributed by atoms with van der Waals surface area (Å²) in [6.45, 7) is 0. The van der Waals surface area contributed by atoms with Gasteiger partial charge in [0, 0.05) is 5.69 Å². The van der Waals surface area contributed by atoms with Crippen molar-refractivity contribution in [1.82, 2.24) is 10.2 Å². The largest absolute Gasteiger partial charge is 0.330 e. The number of benzene rings is 1. The Hall–Kier alpha value is -1.66. The Balaban J connectivity index is 2.05. The maximum Gasteiger partial charge on any atom is 0.231 e. The number of nitrogens with zero attached hydrogens (tertiary/aromatic N) is 2. The van der Waals surface area contributed by atoms with E-state index in [1.54, 1.807) is 0 Å². The molecule has 0 saturated heterocycles. The minimum Gasteiger partial charge on any atom is -0.330 e. The molecular weight excluding hydrogens is 212 g/mol. The lowest BCUT2D eigenvalue weighted by Gasteiger charge is -1.99. The van der Waals surface area contributed by atoms with Crippen LogP contribution in [-0.4, -0.2) is 17.3 Å². The van der Waals surface area contributed by atoms with Crippen molar-refractivity contribution in [3.63, 3.8) is 0 Å². The molecule has 1 heterocycles. The van der Waals surface area contributed by atoms with Crippen molar-refractivity contribution in [3.8, 4) is 0 Å². The molecule has 6 heteroatoms. The van der Waals surface area contributed by atoms with Crippen molar-refractivity contribution in [2.45, 2.75) is 0 Å². The molecule has 0 aliphatic carbocycles. The van der Waals surface area contributed by atoms with E-state index in [-0.39, 0.29) is 0 Å². The van der Waals surface area contributed by atoms with Crippen molar-refractivity contribution in [1.29, 1.82) is 0 Å². The van der Waals surface area contributed by atoms with Crippen LogP contribution in [0, 0.1) is 0 Å². The van der Waals surface area contributed by atoms with Crippen molar-refractivity contribution in [3.05, 3.63) is 30.3 Å². The van der Waals surface area contributed by atoms with Gasteiger partial charge in [-0.15, -0.1) is 10.2 Å². The summed E-state index contributed by atoms with van der Waals surface area (Å²) >= 11 is 1.38. The summed E-state index contributed by atoms with van der Waals surface area (Å²) < 4.78 is 0. The molecule has 0 fully saturated rings. The van der Waals surface area contributed by atoms with Crippen LogP contribution in [0.25, 0.3) is 0 Å². The van der Waals surface area contributed by atoms with E-state index >= 15 is 0 Å². The standard InChI is InChI=1S/C9H10N4OS/c1-14-13-9-12-11-8(15-9)10-7-5-3-2-4-6-7/h2-6H,1H3,(H,10,11)(H,12,13). The van der Waals surface area contributed by atoms with Crippen molar-refractivity contribution in [2.24, 2.45) is 0 Å². The number of hydrogen-bond donors (Lipinski definition) is 2. The molecular formula is C9H10N4OS. The molecule has 0 amide bonds. The highest BCUT2D eigenvalue weighted by atomic mass is 32.1. The molecule has 0 aliphatic rings. The number of rotatable bonds is 4. The van der Waals surface area contributed by atoms with Crippen LogP contribution in [0.4, 0.5) is 16.0 Å². The van der Waals surface area contributed by atoms with Gasteiger partial charge in [0.05, 0.1) is 7.11 Å². The maximum atomic E-state index is 4.72. The third-order valence-corrected chi connectivity index (χ3v) is 2.37. The average molecular weight is 222 g/mol. The second-order valence-electron chi connectivity index (χ2n) is 2.71. The number of aromatic nitrogens is 2. The van der Waals surface area contributed by atoms with Crippen LogP contribution in [0.1, 0.15) is 0 Å². The maximum absolute atomic E-state index is 4.72. The van der Waals surface area contributed by atoms with E-state index in [0.717, 1.165) is 10.8 Å². The SMILES string of the molecule is CONc1nnc(Nc2ccccc2)s1. The van der Waals surface area contributed by atoms with E-state index in [2.05, 4.69) is 21.0 Å². The summed E-state index contributed by atoms with van der Waals surface area (Å²) in [6, 6.07) is 9.80. The van der Waals surface area contributed by atoms with Crippen molar-refractivity contribution >= 4 is 27.3 Å². The Morgan fingerprint density at radius 1 is 1.13 bits per heavy atom. The molecule has 0 aliphatic heterocycles. The fourth-order valence-electron chi connectivity index (χ4n) is 1.05. The van der Waals surface area contributed by atoms with Crippen molar-refractivity contribution < 1.29 is 4.84 Å². The van der Waals surface area contributed by atoms with Gasteiger partial charge in [-0.1, -0.05) is 29.5 Å². The van der Waals surface area contributed by atoms with Gasteiger partial charge in [-0.05, 0) is 12.1 Å². The van der Waals surface area contributed by atoms with Crippen LogP contribution in [0.2, 0.25) is 0 Å². The fourth-order valence-corrected chi connectivity index (χ4v) is 1.69. The number of nitrogens with one attached hydrogen (secondary N) is 2. The van der Waals surface area contributed by atoms with Gasteiger partial charge in [0.15, 0.2) is 0 Å². The van der Waals surface area contributed by atoms with Gasteiger partial charge >= 0.3 is 0 Å². The van der Waals surface area contributed by atoms with Crippen LogP contribution in [0.15, 0.2) is 30.3 Å². The van der Waals surface area contributed by atoms with E-state index in [0.29, 0.717) is 5.13 Å². The number of para-hydroxylation sites is 1. The molecule has 5 nitrogen and oxygen atoms in total. The first-order valence-electron chi connectivity index (χ1n) is 4.33. The molecule has 0 bridgehead atoms. The molecule has 2 aromatic rings. The molecule has 0 radical (unpaired) electrons. The predicted octanol–water partition coefficient (Wildman–Crippen LogP) is 2.25. The van der Waals surface area contributed by atoms with Crippen LogP contribution in [-0.2, 0) is 4.84 Å². The van der Waals surface area contributed by atoms with Gasteiger partial charge in [-0.2, -0.15) is 0 Å². The lowest BCUT2D eigenvalue weighted by atomic mass is 10.3. The van der Waals surface area contributed by atoms with E-state index in [1.807, 2.05) is 30.3 Å². The molecule has 2 rings (SSSR count). The Morgan fingerprint density at radius 3 is 2.60 bits per heavy atom. The topological polar surface area (TPSA) is 59.1 Å². The molecule has 0 unspecified atom stereocenters. The summed E-state index contributed by atoms with van der Waals surface area (Å²) in [4.78, 5) is 4.72. The first-order valence-corrected chi connectivity index (χ1v) is 5.15. The van der Waals surface area contributed by atoms with Crippen LogP contribution < -0.4 is 10.8 Å². The second-order valence-corrected chi connectivity index (χ2v) is 3.69. The summed E-state index contributed by atoms with van der Waals surface area (Å²) in [7, 11) is 1.53. The summed E-state index contributed by atoms with van der Waals surface area (Å²) in [5, 5.41) is 12.3. The molecule has 2 N–H and O–H groups in total. The summed E-state index contributed by atoms with van der Waals surface area (Å²) in [6.07, 6.45) is 0. The van der Waals surface area contributed by atoms with Gasteiger partial charge < -0.3 is 5.32 Å². The highest BCUT2D eigenvalue weighted by Crippen LogP contribution is 2.23. The van der Waals surface area contributed by atoms with Crippen molar-refractivity contribution in [2.75, 3.05) is 17.9 Å². The van der Waals surface area contributed by atoms with Gasteiger partial charge in [-0.3, -0.25) is 4.84 Å². The minimum absolute atomic E-state index is 0.621. The lowest BCUT2D eigenvalue weighted by Crippen LogP contribution is -1.93. The van der Waals surface area contributed by atoms with Crippen LogP contribution in [0.3, 0.4) is 0 Å². The third kappa shape index (κ3) is 2.64. The first-order chi connectivity index (χ1) is 7.38. The van der Waals surface area contributed by atoms with Gasteiger partial charge in [0.25, 0.3) is 0 Å². The smallest absolute Gasteiger partial charge is 0.231 e. The quantitative estimate of drug-likeness (QED) is 0.777. The molecule has 78 valence electrons. The van der Waals surface area contributed by atoms with E-state index in [1.165, 1.54) is 18.4 Å². The molecule has 0 atom stereocenters. The zero-order valence-corrected chi connectivity index (χ0v) is 8.91. The highest BCUT2D eigenvalue weighted by Gasteiger charge is 2.02. The van der Waals surface area contributed by atoms with E-state index in [9.17, 15) is 0 Å². The molecule has 15 heavy (non-hydrogen) atoms. The predicted molar refractivity (Wildman–Crippen MR) is 60.3 cm³/mol. The van der Waals surface area contributed by atoms with Gasteiger partial charge in [-0.25, -0.2) is 5.48 Å². The zero-order chi connectivity index (χ0) is 10.5. The minimum atomic E-state index is 0.621. The second kappa shape index (κ2) is 4.72. The first kappa shape index (κ1) is 9.88. The molecule has 0 saturated carbocycles. The van der Waals surface area contributed by atoms with Crippen LogP contribution in [0.5, 0.6) is 0 Å². The number of hydrogen-bond acceptors (Lipinski definition) is 6. The van der Waals surface area contributed by atoms with E-state index in [4.69, 9.17) is 4.84 Å².